The molecule has 1 amide bonds. The van der Waals surface area contributed by atoms with Gasteiger partial charge in [-0.25, -0.2) is 0 Å². The summed E-state index contributed by atoms with van der Waals surface area (Å²) >= 11 is 0. The third kappa shape index (κ3) is 4.58. The maximum atomic E-state index is 11.9. The number of hydrogen-bond acceptors (Lipinski definition) is 3. The van der Waals surface area contributed by atoms with Crippen LogP contribution in [-0.2, 0) is 4.79 Å². The van der Waals surface area contributed by atoms with Crippen molar-refractivity contribution >= 4 is 5.91 Å². The van der Waals surface area contributed by atoms with E-state index in [0.717, 1.165) is 13.1 Å². The van der Waals surface area contributed by atoms with E-state index in [4.69, 9.17) is 0 Å². The van der Waals surface area contributed by atoms with Crippen molar-refractivity contribution in [1.82, 2.24) is 15.1 Å². The summed E-state index contributed by atoms with van der Waals surface area (Å²) in [5.74, 6) is 0.936. The highest BCUT2D eigenvalue weighted by atomic mass is 16.2. The fourth-order valence-electron chi connectivity index (χ4n) is 2.63. The van der Waals surface area contributed by atoms with Gasteiger partial charge in [0.1, 0.15) is 0 Å². The molecule has 0 bridgehead atoms. The fraction of sp³-hybridized carbons (Fsp3) is 0.929. The smallest absolute Gasteiger partial charge is 0.236 e. The average molecular weight is 255 g/mol. The number of hydrogen-bond donors (Lipinski definition) is 1. The molecule has 0 aromatic heterocycles. The molecule has 4 heteroatoms. The van der Waals surface area contributed by atoms with Crippen LogP contribution in [0.3, 0.4) is 0 Å². The summed E-state index contributed by atoms with van der Waals surface area (Å²) in [6, 6.07) is 0.443. The van der Waals surface area contributed by atoms with E-state index in [2.05, 4.69) is 24.2 Å². The zero-order chi connectivity index (χ0) is 13.5. The van der Waals surface area contributed by atoms with E-state index < -0.39 is 0 Å². The van der Waals surface area contributed by atoms with Gasteiger partial charge >= 0.3 is 0 Å². The molecular formula is C14H29N3O. The summed E-state index contributed by atoms with van der Waals surface area (Å²) < 4.78 is 0. The van der Waals surface area contributed by atoms with Crippen LogP contribution < -0.4 is 5.32 Å². The van der Waals surface area contributed by atoms with E-state index in [1.807, 2.05) is 18.7 Å². The van der Waals surface area contributed by atoms with E-state index in [-0.39, 0.29) is 5.91 Å². The van der Waals surface area contributed by atoms with Gasteiger partial charge in [-0.2, -0.15) is 0 Å². The van der Waals surface area contributed by atoms with Crippen molar-refractivity contribution in [2.24, 2.45) is 5.92 Å². The molecule has 0 saturated carbocycles. The Labute approximate surface area is 112 Å². The van der Waals surface area contributed by atoms with Crippen LogP contribution in [0.15, 0.2) is 0 Å². The molecule has 0 aromatic carbocycles. The molecule has 0 radical (unpaired) electrons. The quantitative estimate of drug-likeness (QED) is 0.774. The number of likely N-dealkylation sites (tertiary alicyclic amines) is 1. The first-order valence-corrected chi connectivity index (χ1v) is 7.28. The summed E-state index contributed by atoms with van der Waals surface area (Å²) in [5.41, 5.74) is 0. The Morgan fingerprint density at radius 1 is 1.33 bits per heavy atom. The lowest BCUT2D eigenvalue weighted by Crippen LogP contribution is -2.45. The molecule has 1 N–H and O–H groups in total. The van der Waals surface area contributed by atoms with Crippen LogP contribution in [0.1, 0.15) is 33.6 Å². The van der Waals surface area contributed by atoms with Crippen LogP contribution in [0.2, 0.25) is 0 Å². The maximum Gasteiger partial charge on any atom is 0.236 e. The third-order valence-corrected chi connectivity index (χ3v) is 4.16. The Balaban J connectivity index is 2.28. The Morgan fingerprint density at radius 3 is 2.39 bits per heavy atom. The molecular weight excluding hydrogens is 226 g/mol. The monoisotopic (exact) mass is 255 g/mol. The Kier molecular flexibility index (Phi) is 6.65. The summed E-state index contributed by atoms with van der Waals surface area (Å²) in [6.45, 7) is 10.7. The van der Waals surface area contributed by atoms with Crippen molar-refractivity contribution in [2.45, 2.75) is 39.7 Å². The van der Waals surface area contributed by atoms with Crippen molar-refractivity contribution in [3.63, 3.8) is 0 Å². The number of rotatable bonds is 6. The topological polar surface area (TPSA) is 35.6 Å². The molecule has 1 unspecified atom stereocenters. The molecule has 4 nitrogen and oxygen atoms in total. The molecule has 1 aliphatic heterocycles. The van der Waals surface area contributed by atoms with Crippen LogP contribution in [0.25, 0.3) is 0 Å². The minimum atomic E-state index is 0.222. The SMILES string of the molecule is CCN(CC)C(=O)CNC(C)C1CCN(C)CC1. The van der Waals surface area contributed by atoms with Gasteiger partial charge in [-0.15, -0.1) is 0 Å². The molecule has 1 atom stereocenters. The van der Waals surface area contributed by atoms with Crippen LogP contribution in [0.4, 0.5) is 0 Å². The number of nitrogens with zero attached hydrogens (tertiary/aromatic N) is 2. The van der Waals surface area contributed by atoms with Crippen LogP contribution in [0, 0.1) is 5.92 Å². The minimum absolute atomic E-state index is 0.222. The second-order valence-electron chi connectivity index (χ2n) is 5.38. The standard InChI is InChI=1S/C14H29N3O/c1-5-17(6-2)14(18)11-15-12(3)13-7-9-16(4)10-8-13/h12-13,15H,5-11H2,1-4H3. The van der Waals surface area contributed by atoms with E-state index in [0.29, 0.717) is 18.5 Å². The summed E-state index contributed by atoms with van der Waals surface area (Å²) in [6.07, 6.45) is 2.48. The summed E-state index contributed by atoms with van der Waals surface area (Å²) in [4.78, 5) is 16.2. The highest BCUT2D eigenvalue weighted by Crippen LogP contribution is 2.19. The van der Waals surface area contributed by atoms with Crippen molar-refractivity contribution in [3.05, 3.63) is 0 Å². The fourth-order valence-corrected chi connectivity index (χ4v) is 2.63. The summed E-state index contributed by atoms with van der Waals surface area (Å²) in [7, 11) is 2.18. The van der Waals surface area contributed by atoms with E-state index >= 15 is 0 Å². The number of carbonyl (C=O) groups is 1. The van der Waals surface area contributed by atoms with Crippen molar-refractivity contribution in [1.29, 1.82) is 0 Å². The Bertz CT molecular complexity index is 245. The molecule has 106 valence electrons. The first kappa shape index (κ1) is 15.4. The molecule has 1 saturated heterocycles. The summed E-state index contributed by atoms with van der Waals surface area (Å²) in [5, 5.41) is 3.41. The highest BCUT2D eigenvalue weighted by Gasteiger charge is 2.22. The highest BCUT2D eigenvalue weighted by molar-refractivity contribution is 5.78. The van der Waals surface area contributed by atoms with E-state index in [1.54, 1.807) is 0 Å². The second kappa shape index (κ2) is 7.74. The molecule has 1 aliphatic rings. The van der Waals surface area contributed by atoms with Gasteiger partial charge in [0.25, 0.3) is 0 Å². The van der Waals surface area contributed by atoms with Gasteiger partial charge in [0.05, 0.1) is 6.54 Å². The minimum Gasteiger partial charge on any atom is -0.342 e. The maximum absolute atomic E-state index is 11.9. The van der Waals surface area contributed by atoms with Gasteiger partial charge in [-0.1, -0.05) is 0 Å². The number of amides is 1. The second-order valence-corrected chi connectivity index (χ2v) is 5.38. The lowest BCUT2D eigenvalue weighted by atomic mass is 9.90. The predicted molar refractivity (Wildman–Crippen MR) is 75.6 cm³/mol. The zero-order valence-corrected chi connectivity index (χ0v) is 12.4. The normalized spacial score (nSPS) is 19.8. The number of carbonyl (C=O) groups excluding carboxylic acids is 1. The zero-order valence-electron chi connectivity index (χ0n) is 12.4. The van der Waals surface area contributed by atoms with Crippen LogP contribution in [-0.4, -0.2) is 61.5 Å². The first-order chi connectivity index (χ1) is 8.58. The van der Waals surface area contributed by atoms with Gasteiger partial charge in [0.15, 0.2) is 0 Å². The van der Waals surface area contributed by atoms with Crippen LogP contribution in [0.5, 0.6) is 0 Å². The molecule has 0 aromatic rings. The van der Waals surface area contributed by atoms with E-state index in [9.17, 15) is 4.79 Å². The Morgan fingerprint density at radius 2 is 1.89 bits per heavy atom. The number of nitrogens with one attached hydrogen (secondary N) is 1. The largest absolute Gasteiger partial charge is 0.342 e. The van der Waals surface area contributed by atoms with Gasteiger partial charge in [0, 0.05) is 19.1 Å². The van der Waals surface area contributed by atoms with Gasteiger partial charge in [-0.3, -0.25) is 4.79 Å². The molecule has 1 heterocycles. The van der Waals surface area contributed by atoms with Gasteiger partial charge in [0.2, 0.25) is 5.91 Å². The lowest BCUT2D eigenvalue weighted by Gasteiger charge is -2.33. The average Bonchev–Trinajstić information content (AvgIpc) is 2.38. The lowest BCUT2D eigenvalue weighted by molar-refractivity contribution is -0.130. The third-order valence-electron chi connectivity index (χ3n) is 4.16. The van der Waals surface area contributed by atoms with E-state index in [1.165, 1.54) is 25.9 Å². The first-order valence-electron chi connectivity index (χ1n) is 7.28. The molecule has 18 heavy (non-hydrogen) atoms. The molecule has 1 rings (SSSR count). The van der Waals surface area contributed by atoms with Crippen molar-refractivity contribution in [2.75, 3.05) is 39.8 Å². The van der Waals surface area contributed by atoms with Crippen molar-refractivity contribution < 1.29 is 4.79 Å². The number of piperidine rings is 1. The Hall–Kier alpha value is -0.610. The van der Waals surface area contributed by atoms with Crippen molar-refractivity contribution in [3.8, 4) is 0 Å². The number of likely N-dealkylation sites (N-methyl/N-ethyl adjacent to an activating group) is 1. The molecule has 1 fully saturated rings. The predicted octanol–water partition coefficient (Wildman–Crippen LogP) is 1.17. The molecule has 0 aliphatic carbocycles. The van der Waals surface area contributed by atoms with Gasteiger partial charge < -0.3 is 15.1 Å². The van der Waals surface area contributed by atoms with Crippen LogP contribution >= 0.6 is 0 Å². The molecule has 0 spiro atoms. The van der Waals surface area contributed by atoms with Gasteiger partial charge in [-0.05, 0) is 59.7 Å².